The fourth-order valence-electron chi connectivity index (χ4n) is 4.17. The van der Waals surface area contributed by atoms with Crippen molar-refractivity contribution in [3.8, 4) is 0 Å². The van der Waals surface area contributed by atoms with Crippen LogP contribution in [0.1, 0.15) is 51.2 Å². The van der Waals surface area contributed by atoms with Crippen LogP contribution >= 0.6 is 0 Å². The van der Waals surface area contributed by atoms with Crippen LogP contribution in [0.4, 0.5) is 0 Å². The smallest absolute Gasteiger partial charge is 0.240 e. The number of hydrogen-bond acceptors (Lipinski definition) is 4. The second kappa shape index (κ2) is 8.30. The molecule has 2 saturated heterocycles. The molecule has 2 aliphatic heterocycles. The second-order valence-electron chi connectivity index (χ2n) is 9.54. The summed E-state index contributed by atoms with van der Waals surface area (Å²) in [6.07, 6.45) is 1.40. The topological polar surface area (TPSA) is 86.8 Å². The lowest BCUT2D eigenvalue weighted by atomic mass is 10.0. The molecular formula is C22H33N3O4S. The van der Waals surface area contributed by atoms with Gasteiger partial charge in [-0.3, -0.25) is 9.59 Å². The zero-order valence-electron chi connectivity index (χ0n) is 18.6. The predicted octanol–water partition coefficient (Wildman–Crippen LogP) is 2.22. The lowest BCUT2D eigenvalue weighted by Gasteiger charge is -2.35. The zero-order chi connectivity index (χ0) is 22.3. The third-order valence-electron chi connectivity index (χ3n) is 6.20. The van der Waals surface area contributed by atoms with Gasteiger partial charge in [0.1, 0.15) is 0 Å². The van der Waals surface area contributed by atoms with Crippen molar-refractivity contribution in [1.29, 1.82) is 0 Å². The second-order valence-corrected chi connectivity index (χ2v) is 11.3. The molecule has 2 heterocycles. The zero-order valence-corrected chi connectivity index (χ0v) is 19.4. The fourth-order valence-corrected chi connectivity index (χ4v) is 5.56. The average molecular weight is 436 g/mol. The summed E-state index contributed by atoms with van der Waals surface area (Å²) in [7, 11) is -3.59. The minimum atomic E-state index is -3.59. The van der Waals surface area contributed by atoms with Gasteiger partial charge in [0.05, 0.1) is 10.8 Å². The monoisotopic (exact) mass is 435 g/mol. The number of carbonyl (C=O) groups is 2. The number of benzene rings is 1. The molecule has 30 heavy (non-hydrogen) atoms. The molecule has 166 valence electrons. The van der Waals surface area contributed by atoms with E-state index in [1.807, 2.05) is 40.7 Å². The van der Waals surface area contributed by atoms with E-state index in [1.54, 1.807) is 21.9 Å². The number of rotatable bonds is 4. The van der Waals surface area contributed by atoms with Gasteiger partial charge in [0, 0.05) is 37.6 Å². The van der Waals surface area contributed by atoms with Crippen molar-refractivity contribution in [2.75, 3.05) is 19.6 Å². The van der Waals surface area contributed by atoms with Crippen LogP contribution in [0.5, 0.6) is 0 Å². The van der Waals surface area contributed by atoms with Gasteiger partial charge in [-0.25, -0.2) is 13.1 Å². The molecule has 0 spiro atoms. The molecule has 1 aromatic rings. The highest BCUT2D eigenvalue weighted by atomic mass is 32.2. The number of piperidine rings is 1. The molecule has 3 rings (SSSR count). The number of sulfonamides is 1. The molecule has 8 heteroatoms. The third-order valence-corrected chi connectivity index (χ3v) is 7.72. The van der Waals surface area contributed by atoms with Crippen molar-refractivity contribution in [1.82, 2.24) is 14.5 Å². The van der Waals surface area contributed by atoms with Crippen LogP contribution in [0, 0.1) is 19.8 Å². The molecule has 0 saturated carbocycles. The van der Waals surface area contributed by atoms with Gasteiger partial charge in [-0.05, 0) is 70.7 Å². The maximum absolute atomic E-state index is 12.9. The van der Waals surface area contributed by atoms with E-state index >= 15 is 0 Å². The van der Waals surface area contributed by atoms with E-state index in [0.29, 0.717) is 32.5 Å². The summed E-state index contributed by atoms with van der Waals surface area (Å²) < 4.78 is 28.2. The standard InChI is InChI=1S/C22H33N3O4S/c1-15-6-7-19(12-16(15)2)30(28,29)23-18-8-10-24(11-9-18)21(27)17-13-20(26)25(14-17)22(3,4)5/h6-7,12,17-18,23H,8-11,13-14H2,1-5H3. The molecule has 0 aromatic heterocycles. The van der Waals surface area contributed by atoms with Gasteiger partial charge in [-0.2, -0.15) is 0 Å². The number of nitrogens with one attached hydrogen (secondary N) is 1. The highest BCUT2D eigenvalue weighted by molar-refractivity contribution is 7.89. The molecule has 1 aromatic carbocycles. The quantitative estimate of drug-likeness (QED) is 0.786. The molecule has 2 fully saturated rings. The Morgan fingerprint density at radius 1 is 1.10 bits per heavy atom. The number of hydrogen-bond donors (Lipinski definition) is 1. The number of amides is 2. The molecule has 1 atom stereocenters. The minimum absolute atomic E-state index is 0.00515. The van der Waals surface area contributed by atoms with Gasteiger partial charge >= 0.3 is 0 Å². The van der Waals surface area contributed by atoms with Crippen LogP contribution in [-0.2, 0) is 19.6 Å². The van der Waals surface area contributed by atoms with Crippen molar-refractivity contribution < 1.29 is 18.0 Å². The Hall–Kier alpha value is -1.93. The van der Waals surface area contributed by atoms with Gasteiger partial charge in [0.25, 0.3) is 0 Å². The summed E-state index contributed by atoms with van der Waals surface area (Å²) in [5, 5.41) is 0. The van der Waals surface area contributed by atoms with E-state index < -0.39 is 10.0 Å². The van der Waals surface area contributed by atoms with Crippen LogP contribution in [0.2, 0.25) is 0 Å². The van der Waals surface area contributed by atoms with E-state index in [0.717, 1.165) is 11.1 Å². The first-order valence-corrected chi connectivity index (χ1v) is 12.1. The van der Waals surface area contributed by atoms with Crippen LogP contribution in [-0.4, -0.2) is 61.2 Å². The van der Waals surface area contributed by atoms with Crippen LogP contribution in [0.15, 0.2) is 23.1 Å². The van der Waals surface area contributed by atoms with Gasteiger partial charge in [-0.15, -0.1) is 0 Å². The normalized spacial score (nSPS) is 21.4. The van der Waals surface area contributed by atoms with Crippen LogP contribution < -0.4 is 4.72 Å². The SMILES string of the molecule is Cc1ccc(S(=O)(=O)NC2CCN(C(=O)C3CC(=O)N(C(C)(C)C)C3)CC2)cc1C. The first-order valence-electron chi connectivity index (χ1n) is 10.6. The Bertz CT molecular complexity index is 928. The van der Waals surface area contributed by atoms with E-state index in [4.69, 9.17) is 0 Å². The Balaban J connectivity index is 1.56. The maximum Gasteiger partial charge on any atom is 0.240 e. The van der Waals surface area contributed by atoms with E-state index in [2.05, 4.69) is 4.72 Å². The molecule has 0 radical (unpaired) electrons. The number of nitrogens with zero attached hydrogens (tertiary/aromatic N) is 2. The van der Waals surface area contributed by atoms with Gasteiger partial charge < -0.3 is 9.80 Å². The fraction of sp³-hybridized carbons (Fsp3) is 0.636. The first-order chi connectivity index (χ1) is 13.9. The molecule has 1 N–H and O–H groups in total. The van der Waals surface area contributed by atoms with E-state index in [-0.39, 0.29) is 40.6 Å². The number of carbonyl (C=O) groups excluding carboxylic acids is 2. The Kier molecular flexibility index (Phi) is 6.30. The number of likely N-dealkylation sites (tertiary alicyclic amines) is 2. The van der Waals surface area contributed by atoms with Gasteiger partial charge in [0.2, 0.25) is 21.8 Å². The molecule has 0 aliphatic carbocycles. The largest absolute Gasteiger partial charge is 0.342 e. The lowest BCUT2D eigenvalue weighted by molar-refractivity contribution is -0.136. The van der Waals surface area contributed by atoms with Crippen molar-refractivity contribution in [3.63, 3.8) is 0 Å². The summed E-state index contributed by atoms with van der Waals surface area (Å²) in [4.78, 5) is 29.0. The molecule has 1 unspecified atom stereocenters. The Labute approximate surface area is 179 Å². The number of aryl methyl sites for hydroxylation is 2. The highest BCUT2D eigenvalue weighted by Gasteiger charge is 2.41. The van der Waals surface area contributed by atoms with Gasteiger partial charge in [0.15, 0.2) is 0 Å². The Morgan fingerprint density at radius 3 is 2.27 bits per heavy atom. The summed E-state index contributed by atoms with van der Waals surface area (Å²) >= 11 is 0. The third kappa shape index (κ3) is 4.86. The summed E-state index contributed by atoms with van der Waals surface area (Å²) in [6, 6.07) is 4.93. The van der Waals surface area contributed by atoms with Crippen molar-refractivity contribution >= 4 is 21.8 Å². The lowest BCUT2D eigenvalue weighted by Crippen LogP contribution is -2.48. The predicted molar refractivity (Wildman–Crippen MR) is 115 cm³/mol. The highest BCUT2D eigenvalue weighted by Crippen LogP contribution is 2.28. The molecule has 0 bridgehead atoms. The van der Waals surface area contributed by atoms with Crippen LogP contribution in [0.3, 0.4) is 0 Å². The molecule has 7 nitrogen and oxygen atoms in total. The van der Waals surface area contributed by atoms with Crippen molar-refractivity contribution in [2.24, 2.45) is 5.92 Å². The molecule has 2 amide bonds. The van der Waals surface area contributed by atoms with Gasteiger partial charge in [-0.1, -0.05) is 6.07 Å². The van der Waals surface area contributed by atoms with E-state index in [9.17, 15) is 18.0 Å². The molecular weight excluding hydrogens is 402 g/mol. The first kappa shape index (κ1) is 22.7. The summed E-state index contributed by atoms with van der Waals surface area (Å²) in [6.45, 7) is 11.2. The molecule has 2 aliphatic rings. The minimum Gasteiger partial charge on any atom is -0.342 e. The Morgan fingerprint density at radius 2 is 1.73 bits per heavy atom. The average Bonchev–Trinajstić information content (AvgIpc) is 3.06. The van der Waals surface area contributed by atoms with Crippen molar-refractivity contribution in [2.45, 2.75) is 70.4 Å². The maximum atomic E-state index is 12.9. The van der Waals surface area contributed by atoms with Crippen molar-refractivity contribution in [3.05, 3.63) is 29.3 Å². The summed E-state index contributed by atoms with van der Waals surface area (Å²) in [5.74, 6) is -0.275. The van der Waals surface area contributed by atoms with E-state index in [1.165, 1.54) is 0 Å². The van der Waals surface area contributed by atoms with Crippen LogP contribution in [0.25, 0.3) is 0 Å². The summed E-state index contributed by atoms with van der Waals surface area (Å²) in [5.41, 5.74) is 1.70.